The molecule has 1 atom stereocenters. The van der Waals surface area contributed by atoms with Crippen LogP contribution in [0.15, 0.2) is 35.2 Å². The van der Waals surface area contributed by atoms with Gasteiger partial charge in [-0.15, -0.1) is 0 Å². The van der Waals surface area contributed by atoms with Crippen molar-refractivity contribution in [2.45, 2.75) is 18.7 Å². The second-order valence-corrected chi connectivity index (χ2v) is 6.81. The second kappa shape index (κ2) is 7.49. The van der Waals surface area contributed by atoms with Crippen LogP contribution in [0.4, 0.5) is 0 Å². The molecule has 0 aliphatic heterocycles. The van der Waals surface area contributed by atoms with Crippen molar-refractivity contribution >= 4 is 16.6 Å². The molecule has 0 bridgehead atoms. The van der Waals surface area contributed by atoms with Crippen LogP contribution >= 0.6 is 0 Å². The molecule has 0 saturated carbocycles. The maximum Gasteiger partial charge on any atom is 0.183 e. The number of phenols is 1. The van der Waals surface area contributed by atoms with Crippen LogP contribution < -0.4 is 9.47 Å². The zero-order valence-electron chi connectivity index (χ0n) is 14.1. The number of ether oxygens (including phenoxy) is 2. The van der Waals surface area contributed by atoms with E-state index < -0.39 is 16.6 Å². The molecule has 0 spiro atoms. The molecule has 0 heterocycles. The molecule has 128 valence electrons. The van der Waals surface area contributed by atoms with E-state index >= 15 is 0 Å². The van der Waals surface area contributed by atoms with Crippen molar-refractivity contribution in [1.29, 1.82) is 0 Å². The molecule has 0 fully saturated rings. The second-order valence-electron chi connectivity index (χ2n) is 5.36. The number of phenolic OH excluding ortho intramolecular Hbond substituents is 1. The van der Waals surface area contributed by atoms with Gasteiger partial charge in [0.2, 0.25) is 0 Å². The summed E-state index contributed by atoms with van der Waals surface area (Å²) in [6, 6.07) is 8.68. The van der Waals surface area contributed by atoms with Gasteiger partial charge in [0.15, 0.2) is 5.78 Å². The highest BCUT2D eigenvalue weighted by Gasteiger charge is 2.24. The van der Waals surface area contributed by atoms with Gasteiger partial charge in [-0.25, -0.2) is 0 Å². The number of benzene rings is 2. The number of aromatic hydroxyl groups is 1. The lowest BCUT2D eigenvalue weighted by Gasteiger charge is -2.14. The lowest BCUT2D eigenvalue weighted by Crippen LogP contribution is -2.13. The minimum atomic E-state index is -1.50. The first-order chi connectivity index (χ1) is 11.4. The highest BCUT2D eigenvalue weighted by atomic mass is 32.2. The van der Waals surface area contributed by atoms with Gasteiger partial charge < -0.3 is 14.6 Å². The van der Waals surface area contributed by atoms with E-state index in [4.69, 9.17) is 9.47 Å². The summed E-state index contributed by atoms with van der Waals surface area (Å²) >= 11 is 0. The maximum atomic E-state index is 12.6. The summed E-state index contributed by atoms with van der Waals surface area (Å²) in [5.41, 5.74) is 1.51. The van der Waals surface area contributed by atoms with E-state index in [1.165, 1.54) is 20.3 Å². The van der Waals surface area contributed by atoms with Crippen LogP contribution in [0.1, 0.15) is 21.5 Å². The number of aryl methyl sites for hydroxylation is 1. The van der Waals surface area contributed by atoms with E-state index in [0.717, 1.165) is 5.56 Å². The number of ketones is 1. The molecule has 1 N–H and O–H groups in total. The molecule has 0 amide bonds. The molecule has 5 nitrogen and oxygen atoms in total. The zero-order valence-corrected chi connectivity index (χ0v) is 14.9. The van der Waals surface area contributed by atoms with Crippen molar-refractivity contribution in [1.82, 2.24) is 0 Å². The quantitative estimate of drug-likeness (QED) is 0.813. The SMILES string of the molecule is COc1cc(OC)c(C(=O)C[S@@](=O)c2ccc(C)cc2)c(O)c1C. The van der Waals surface area contributed by atoms with Crippen molar-refractivity contribution in [2.75, 3.05) is 20.0 Å². The average molecular weight is 348 g/mol. The first-order valence-electron chi connectivity index (χ1n) is 7.31. The van der Waals surface area contributed by atoms with Gasteiger partial charge in [-0.05, 0) is 26.0 Å². The lowest BCUT2D eigenvalue weighted by molar-refractivity contribution is 0.101. The highest BCUT2D eigenvalue weighted by Crippen LogP contribution is 2.38. The van der Waals surface area contributed by atoms with Gasteiger partial charge >= 0.3 is 0 Å². The predicted octanol–water partition coefficient (Wildman–Crippen LogP) is 3.02. The first kappa shape index (κ1) is 18.0. The summed E-state index contributed by atoms with van der Waals surface area (Å²) in [5, 5.41) is 10.3. The van der Waals surface area contributed by atoms with E-state index in [1.807, 2.05) is 19.1 Å². The normalized spacial score (nSPS) is 11.8. The minimum absolute atomic E-state index is 0.0243. The fourth-order valence-electron chi connectivity index (χ4n) is 2.33. The topological polar surface area (TPSA) is 72.8 Å². The highest BCUT2D eigenvalue weighted by molar-refractivity contribution is 7.85. The molecular weight excluding hydrogens is 328 g/mol. The summed E-state index contributed by atoms with van der Waals surface area (Å²) in [6.07, 6.45) is 0. The molecule has 0 radical (unpaired) electrons. The van der Waals surface area contributed by atoms with Gasteiger partial charge in [-0.3, -0.25) is 9.00 Å². The Morgan fingerprint density at radius 3 is 2.21 bits per heavy atom. The Morgan fingerprint density at radius 2 is 1.67 bits per heavy atom. The van der Waals surface area contributed by atoms with Gasteiger partial charge in [0.25, 0.3) is 0 Å². The molecule has 0 unspecified atom stereocenters. The summed E-state index contributed by atoms with van der Waals surface area (Å²) in [5.74, 6) is -0.286. The number of rotatable bonds is 6. The Hall–Kier alpha value is -2.34. The Kier molecular flexibility index (Phi) is 5.62. The van der Waals surface area contributed by atoms with Crippen molar-refractivity contribution in [2.24, 2.45) is 0 Å². The molecule has 2 aromatic rings. The maximum absolute atomic E-state index is 12.6. The number of carbonyl (C=O) groups is 1. The van der Waals surface area contributed by atoms with Gasteiger partial charge in [-0.1, -0.05) is 17.7 Å². The number of hydrogen-bond acceptors (Lipinski definition) is 5. The predicted molar refractivity (Wildman–Crippen MR) is 92.7 cm³/mol. The third kappa shape index (κ3) is 3.59. The standard InChI is InChI=1S/C18H20O5S/c1-11-5-7-13(8-6-11)24(21)10-14(19)17-16(23-4)9-15(22-3)12(2)18(17)20/h5-9,20H,10H2,1-4H3/t24-/m1/s1. The van der Waals surface area contributed by atoms with Gasteiger partial charge in [0.05, 0.1) is 30.8 Å². The number of Topliss-reactive ketones (excluding diaryl/α,β-unsaturated/α-hetero) is 1. The Balaban J connectivity index is 2.34. The first-order valence-corrected chi connectivity index (χ1v) is 8.63. The van der Waals surface area contributed by atoms with E-state index in [2.05, 4.69) is 0 Å². The van der Waals surface area contributed by atoms with Crippen LogP contribution in [0.25, 0.3) is 0 Å². The Bertz CT molecular complexity index is 781. The van der Waals surface area contributed by atoms with Crippen molar-refractivity contribution in [3.05, 3.63) is 47.0 Å². The molecule has 24 heavy (non-hydrogen) atoms. The average Bonchev–Trinajstić information content (AvgIpc) is 2.57. The van der Waals surface area contributed by atoms with Crippen LogP contribution in [0.5, 0.6) is 17.2 Å². The fourth-order valence-corrected chi connectivity index (χ4v) is 3.32. The van der Waals surface area contributed by atoms with E-state index in [1.54, 1.807) is 19.1 Å². The minimum Gasteiger partial charge on any atom is -0.507 e. The van der Waals surface area contributed by atoms with Crippen LogP contribution in [0, 0.1) is 13.8 Å². The summed E-state index contributed by atoms with van der Waals surface area (Å²) < 4.78 is 22.7. The Morgan fingerprint density at radius 1 is 1.08 bits per heavy atom. The summed E-state index contributed by atoms with van der Waals surface area (Å²) in [4.78, 5) is 13.1. The van der Waals surface area contributed by atoms with Crippen LogP contribution in [0.2, 0.25) is 0 Å². The summed E-state index contributed by atoms with van der Waals surface area (Å²) in [6.45, 7) is 3.57. The van der Waals surface area contributed by atoms with Crippen LogP contribution in [0.3, 0.4) is 0 Å². The van der Waals surface area contributed by atoms with Crippen molar-refractivity contribution in [3.63, 3.8) is 0 Å². The van der Waals surface area contributed by atoms with Crippen molar-refractivity contribution < 1.29 is 23.6 Å². The van der Waals surface area contributed by atoms with Gasteiger partial charge in [0.1, 0.15) is 22.8 Å². The molecule has 0 aromatic heterocycles. The number of hydrogen-bond donors (Lipinski definition) is 1. The van der Waals surface area contributed by atoms with Crippen LogP contribution in [-0.4, -0.2) is 35.1 Å². The number of carbonyl (C=O) groups excluding carboxylic acids is 1. The molecule has 0 saturated heterocycles. The zero-order chi connectivity index (χ0) is 17.9. The molecular formula is C18H20O5S. The van der Waals surface area contributed by atoms with Gasteiger partial charge in [-0.2, -0.15) is 0 Å². The van der Waals surface area contributed by atoms with E-state index in [-0.39, 0.29) is 22.8 Å². The summed E-state index contributed by atoms with van der Waals surface area (Å²) in [7, 11) is 1.37. The van der Waals surface area contributed by atoms with Crippen LogP contribution in [-0.2, 0) is 10.8 Å². The number of methoxy groups -OCH3 is 2. The third-order valence-corrected chi connectivity index (χ3v) is 5.06. The van der Waals surface area contributed by atoms with E-state index in [9.17, 15) is 14.1 Å². The smallest absolute Gasteiger partial charge is 0.183 e. The molecule has 2 aromatic carbocycles. The third-order valence-electron chi connectivity index (χ3n) is 3.73. The lowest BCUT2D eigenvalue weighted by atomic mass is 10.0. The fraction of sp³-hybridized carbons (Fsp3) is 0.278. The molecule has 0 aliphatic carbocycles. The Labute approximate surface area is 143 Å². The largest absolute Gasteiger partial charge is 0.507 e. The van der Waals surface area contributed by atoms with Crippen molar-refractivity contribution in [3.8, 4) is 17.2 Å². The van der Waals surface area contributed by atoms with Gasteiger partial charge in [0, 0.05) is 16.5 Å². The molecule has 0 aliphatic rings. The van der Waals surface area contributed by atoms with E-state index in [0.29, 0.717) is 16.2 Å². The monoisotopic (exact) mass is 348 g/mol. The molecule has 6 heteroatoms. The molecule has 2 rings (SSSR count).